The van der Waals surface area contributed by atoms with Gasteiger partial charge in [0.25, 0.3) is 5.91 Å². The number of rotatable bonds is 5. The van der Waals surface area contributed by atoms with Crippen molar-refractivity contribution in [2.24, 2.45) is 0 Å². The number of carbonyl (C=O) groups is 3. The summed E-state index contributed by atoms with van der Waals surface area (Å²) in [6, 6.07) is 13.9. The first kappa shape index (κ1) is 19.9. The summed E-state index contributed by atoms with van der Waals surface area (Å²) in [6.07, 6.45) is 0.0947. The Morgan fingerprint density at radius 2 is 1.53 bits per heavy atom. The number of ether oxygens (including phenoxy) is 1. The zero-order valence-corrected chi connectivity index (χ0v) is 16.8. The van der Waals surface area contributed by atoms with E-state index in [0.29, 0.717) is 11.4 Å². The smallest absolute Gasteiger partial charge is 0.256 e. The van der Waals surface area contributed by atoms with Gasteiger partial charge in [-0.25, -0.2) is 4.90 Å². The maximum absolute atomic E-state index is 12.8. The molecule has 0 radical (unpaired) electrons. The summed E-state index contributed by atoms with van der Waals surface area (Å²) in [7, 11) is 0. The molecule has 156 valence electrons. The van der Waals surface area contributed by atoms with Crippen LogP contribution in [0.15, 0.2) is 48.5 Å². The van der Waals surface area contributed by atoms with E-state index in [1.54, 1.807) is 24.3 Å². The van der Waals surface area contributed by atoms with Crippen LogP contribution in [0, 0.1) is 0 Å². The Morgan fingerprint density at radius 3 is 2.17 bits per heavy atom. The lowest BCUT2D eigenvalue weighted by molar-refractivity contribution is -0.121. The monoisotopic (exact) mass is 408 g/mol. The molecule has 2 aromatic rings. The van der Waals surface area contributed by atoms with Gasteiger partial charge in [0.2, 0.25) is 11.8 Å². The zero-order chi connectivity index (χ0) is 21.1. The van der Waals surface area contributed by atoms with Gasteiger partial charge in [0, 0.05) is 37.1 Å². The highest BCUT2D eigenvalue weighted by Crippen LogP contribution is 2.27. The van der Waals surface area contributed by atoms with Crippen LogP contribution in [0.5, 0.6) is 0 Å². The zero-order valence-electron chi connectivity index (χ0n) is 16.8. The van der Waals surface area contributed by atoms with Gasteiger partial charge in [0.05, 0.1) is 25.3 Å². The minimum atomic E-state index is -0.609. The third-order valence-corrected chi connectivity index (χ3v) is 5.18. The number of amides is 3. The third-order valence-electron chi connectivity index (χ3n) is 5.18. The van der Waals surface area contributed by atoms with E-state index in [4.69, 9.17) is 4.74 Å². The highest BCUT2D eigenvalue weighted by molar-refractivity contribution is 6.23. The molecule has 3 amide bonds. The van der Waals surface area contributed by atoms with Crippen molar-refractivity contribution in [3.8, 4) is 0 Å². The fourth-order valence-corrected chi connectivity index (χ4v) is 3.70. The Kier molecular flexibility index (Phi) is 5.67. The normalized spacial score (nSPS) is 19.2. The van der Waals surface area contributed by atoms with Crippen LogP contribution < -0.4 is 20.4 Å². The summed E-state index contributed by atoms with van der Waals surface area (Å²) in [4.78, 5) is 39.9. The van der Waals surface area contributed by atoms with Gasteiger partial charge >= 0.3 is 0 Å². The van der Waals surface area contributed by atoms with Crippen molar-refractivity contribution >= 4 is 40.5 Å². The third kappa shape index (κ3) is 4.28. The molecule has 2 heterocycles. The average Bonchev–Trinajstić information content (AvgIpc) is 3.02. The van der Waals surface area contributed by atoms with Gasteiger partial charge in [-0.15, -0.1) is 0 Å². The molecule has 0 aliphatic carbocycles. The maximum Gasteiger partial charge on any atom is 0.256 e. The molecule has 8 heteroatoms. The summed E-state index contributed by atoms with van der Waals surface area (Å²) in [5.41, 5.74) is 3.01. The van der Waals surface area contributed by atoms with Crippen molar-refractivity contribution in [2.45, 2.75) is 19.4 Å². The number of carbonyl (C=O) groups excluding carboxylic acids is 3. The molecule has 0 unspecified atom stereocenters. The Morgan fingerprint density at radius 1 is 0.933 bits per heavy atom. The Balaban J connectivity index is 1.42. The quantitative estimate of drug-likeness (QED) is 0.738. The van der Waals surface area contributed by atoms with Crippen LogP contribution in [-0.4, -0.2) is 50.1 Å². The van der Waals surface area contributed by atoms with E-state index in [2.05, 4.69) is 15.5 Å². The number of anilines is 4. The lowest BCUT2D eigenvalue weighted by atomic mass is 10.2. The highest BCUT2D eigenvalue weighted by atomic mass is 16.5. The SMILES string of the molecule is CC(=O)Nc1ccc(N2C(=O)C[C@H](Nc3ccc(N4CCOCC4)cc3)C2=O)cc1. The molecule has 2 N–H and O–H groups in total. The van der Waals surface area contributed by atoms with Gasteiger partial charge in [-0.05, 0) is 48.5 Å². The lowest BCUT2D eigenvalue weighted by Crippen LogP contribution is -2.36. The largest absolute Gasteiger partial charge is 0.378 e. The van der Waals surface area contributed by atoms with Gasteiger partial charge in [0.15, 0.2) is 0 Å². The molecule has 0 spiro atoms. The van der Waals surface area contributed by atoms with Gasteiger partial charge in [-0.2, -0.15) is 0 Å². The van der Waals surface area contributed by atoms with Gasteiger partial charge < -0.3 is 20.3 Å². The standard InChI is InChI=1S/C22H24N4O4/c1-15(27)23-16-4-8-19(9-5-16)26-21(28)14-20(22(26)29)24-17-2-6-18(7-3-17)25-10-12-30-13-11-25/h2-9,20,24H,10-14H2,1H3,(H,23,27)/t20-/m0/s1. The molecular formula is C22H24N4O4. The Bertz CT molecular complexity index is 937. The molecular weight excluding hydrogens is 384 g/mol. The number of morpholine rings is 1. The fourth-order valence-electron chi connectivity index (χ4n) is 3.70. The molecule has 2 fully saturated rings. The van der Waals surface area contributed by atoms with E-state index >= 15 is 0 Å². The van der Waals surface area contributed by atoms with Crippen molar-refractivity contribution in [1.82, 2.24) is 0 Å². The van der Waals surface area contributed by atoms with E-state index in [9.17, 15) is 14.4 Å². The second kappa shape index (κ2) is 8.54. The second-order valence-electron chi connectivity index (χ2n) is 7.34. The molecule has 30 heavy (non-hydrogen) atoms. The summed E-state index contributed by atoms with van der Waals surface area (Å²) < 4.78 is 5.38. The topological polar surface area (TPSA) is 91.0 Å². The van der Waals surface area contributed by atoms with E-state index < -0.39 is 6.04 Å². The predicted molar refractivity (Wildman–Crippen MR) is 115 cm³/mol. The van der Waals surface area contributed by atoms with Crippen LogP contribution in [0.25, 0.3) is 0 Å². The number of nitrogens with one attached hydrogen (secondary N) is 2. The van der Waals surface area contributed by atoms with E-state index in [0.717, 1.165) is 37.7 Å². The molecule has 0 bridgehead atoms. The summed E-state index contributed by atoms with van der Waals surface area (Å²) in [5.74, 6) is -0.723. The van der Waals surface area contributed by atoms with Crippen molar-refractivity contribution < 1.29 is 19.1 Å². The number of hydrogen-bond acceptors (Lipinski definition) is 6. The van der Waals surface area contributed by atoms with Crippen LogP contribution in [0.2, 0.25) is 0 Å². The number of benzene rings is 2. The molecule has 8 nitrogen and oxygen atoms in total. The molecule has 2 saturated heterocycles. The number of nitrogens with zero attached hydrogens (tertiary/aromatic N) is 2. The first-order valence-corrected chi connectivity index (χ1v) is 9.95. The van der Waals surface area contributed by atoms with Crippen molar-refractivity contribution in [3.05, 3.63) is 48.5 Å². The van der Waals surface area contributed by atoms with E-state index in [1.807, 2.05) is 24.3 Å². The van der Waals surface area contributed by atoms with Crippen molar-refractivity contribution in [1.29, 1.82) is 0 Å². The first-order valence-electron chi connectivity index (χ1n) is 9.95. The van der Waals surface area contributed by atoms with Crippen LogP contribution in [0.1, 0.15) is 13.3 Å². The summed E-state index contributed by atoms with van der Waals surface area (Å²) in [6.45, 7) is 4.59. The summed E-state index contributed by atoms with van der Waals surface area (Å²) in [5, 5.41) is 5.84. The minimum absolute atomic E-state index is 0.0947. The Hall–Kier alpha value is -3.39. The van der Waals surface area contributed by atoms with E-state index in [-0.39, 0.29) is 24.1 Å². The molecule has 0 aromatic heterocycles. The maximum atomic E-state index is 12.8. The molecule has 1 atom stereocenters. The second-order valence-corrected chi connectivity index (χ2v) is 7.34. The predicted octanol–water partition coefficient (Wildman–Crippen LogP) is 2.23. The first-order chi connectivity index (χ1) is 14.5. The molecule has 2 aliphatic rings. The molecule has 4 rings (SSSR count). The number of imide groups is 1. The van der Waals surface area contributed by atoms with Gasteiger partial charge in [-0.1, -0.05) is 0 Å². The molecule has 2 aliphatic heterocycles. The fraction of sp³-hybridized carbons (Fsp3) is 0.318. The van der Waals surface area contributed by atoms with Crippen LogP contribution in [0.4, 0.5) is 22.7 Å². The molecule has 2 aromatic carbocycles. The average molecular weight is 408 g/mol. The molecule has 0 saturated carbocycles. The van der Waals surface area contributed by atoms with Crippen LogP contribution in [-0.2, 0) is 19.1 Å². The van der Waals surface area contributed by atoms with Crippen molar-refractivity contribution in [2.75, 3.05) is 46.7 Å². The minimum Gasteiger partial charge on any atom is -0.378 e. The Labute approximate surface area is 174 Å². The van der Waals surface area contributed by atoms with Gasteiger partial charge in [0.1, 0.15) is 6.04 Å². The van der Waals surface area contributed by atoms with Crippen LogP contribution in [0.3, 0.4) is 0 Å². The lowest BCUT2D eigenvalue weighted by Gasteiger charge is -2.29. The van der Waals surface area contributed by atoms with Crippen molar-refractivity contribution in [3.63, 3.8) is 0 Å². The van der Waals surface area contributed by atoms with Gasteiger partial charge in [-0.3, -0.25) is 14.4 Å². The summed E-state index contributed by atoms with van der Waals surface area (Å²) >= 11 is 0. The highest BCUT2D eigenvalue weighted by Gasteiger charge is 2.39. The van der Waals surface area contributed by atoms with E-state index in [1.165, 1.54) is 11.8 Å². The number of hydrogen-bond donors (Lipinski definition) is 2. The van der Waals surface area contributed by atoms with Crippen LogP contribution >= 0.6 is 0 Å².